The Hall–Kier alpha value is -3.15. The molecule has 0 atom stereocenters. The van der Waals surface area contributed by atoms with Gasteiger partial charge in [0.1, 0.15) is 6.33 Å². The lowest BCUT2D eigenvalue weighted by Crippen LogP contribution is -2.41. The van der Waals surface area contributed by atoms with Gasteiger partial charge in [-0.15, -0.1) is 0 Å². The lowest BCUT2D eigenvalue weighted by Gasteiger charge is -2.30. The molecule has 0 unspecified atom stereocenters. The van der Waals surface area contributed by atoms with Crippen LogP contribution >= 0.6 is 0 Å². The van der Waals surface area contributed by atoms with E-state index < -0.39 is 0 Å². The van der Waals surface area contributed by atoms with E-state index in [-0.39, 0.29) is 11.9 Å². The molecule has 1 saturated heterocycles. The molecule has 6 heteroatoms. The number of rotatable bonds is 3. The number of amides is 1. The van der Waals surface area contributed by atoms with Crippen LogP contribution in [0.5, 0.6) is 0 Å². The summed E-state index contributed by atoms with van der Waals surface area (Å²) in [5, 5.41) is 0. The first-order valence-corrected chi connectivity index (χ1v) is 8.12. The van der Waals surface area contributed by atoms with Crippen molar-refractivity contribution < 1.29 is 14.3 Å². The summed E-state index contributed by atoms with van der Waals surface area (Å²) in [6, 6.07) is 12.6. The van der Waals surface area contributed by atoms with E-state index in [2.05, 4.69) is 4.98 Å². The number of hydrogen-bond donors (Lipinski definition) is 0. The van der Waals surface area contributed by atoms with Gasteiger partial charge in [0.25, 0.3) is 5.91 Å². The highest BCUT2D eigenvalue weighted by molar-refractivity contribution is 5.98. The Labute approximate surface area is 144 Å². The molecule has 1 aromatic heterocycles. The molecular weight excluding hydrogens is 318 g/mol. The molecule has 1 fully saturated rings. The largest absolute Gasteiger partial charge is 0.465 e. The highest BCUT2D eigenvalue weighted by atomic mass is 16.5. The number of imidazole rings is 1. The van der Waals surface area contributed by atoms with Crippen molar-refractivity contribution in [3.63, 3.8) is 0 Å². The fourth-order valence-electron chi connectivity index (χ4n) is 2.92. The summed E-state index contributed by atoms with van der Waals surface area (Å²) in [5.74, 6) is -0.314. The monoisotopic (exact) mass is 335 g/mol. The molecule has 0 N–H and O–H groups in total. The van der Waals surface area contributed by atoms with Gasteiger partial charge in [0, 0.05) is 24.3 Å². The number of fused-ring (bicyclic) bond motifs is 1. The van der Waals surface area contributed by atoms with Crippen LogP contribution in [0.2, 0.25) is 0 Å². The van der Waals surface area contributed by atoms with Crippen molar-refractivity contribution in [2.75, 3.05) is 20.2 Å². The first-order valence-electron chi connectivity index (χ1n) is 8.12. The number of methoxy groups -OCH3 is 1. The maximum atomic E-state index is 12.4. The third-order valence-corrected chi connectivity index (χ3v) is 4.50. The Kier molecular flexibility index (Phi) is 3.72. The molecule has 0 aliphatic carbocycles. The maximum Gasteiger partial charge on any atom is 0.337 e. The number of ether oxygens (including phenoxy) is 1. The van der Waals surface area contributed by atoms with E-state index in [9.17, 15) is 9.59 Å². The van der Waals surface area contributed by atoms with E-state index >= 15 is 0 Å². The zero-order valence-electron chi connectivity index (χ0n) is 13.8. The van der Waals surface area contributed by atoms with Gasteiger partial charge in [-0.1, -0.05) is 0 Å². The third-order valence-electron chi connectivity index (χ3n) is 4.50. The predicted octanol–water partition coefficient (Wildman–Crippen LogP) is 2.66. The van der Waals surface area contributed by atoms with Gasteiger partial charge < -0.3 is 9.64 Å². The molecular formula is C19H17N3O3. The van der Waals surface area contributed by atoms with Crippen LogP contribution in [0.1, 0.15) is 27.1 Å². The molecule has 4 rings (SSSR count). The zero-order valence-corrected chi connectivity index (χ0v) is 13.8. The molecule has 2 heterocycles. The van der Waals surface area contributed by atoms with Gasteiger partial charge in [0.15, 0.2) is 0 Å². The summed E-state index contributed by atoms with van der Waals surface area (Å²) >= 11 is 0. The van der Waals surface area contributed by atoms with E-state index in [4.69, 9.17) is 4.74 Å². The number of benzene rings is 2. The Morgan fingerprint density at radius 1 is 1.04 bits per heavy atom. The van der Waals surface area contributed by atoms with Crippen LogP contribution in [0.4, 0.5) is 0 Å². The third kappa shape index (κ3) is 2.65. The van der Waals surface area contributed by atoms with E-state index in [1.54, 1.807) is 18.5 Å². The van der Waals surface area contributed by atoms with Gasteiger partial charge in [-0.2, -0.15) is 0 Å². The number of hydrogen-bond acceptors (Lipinski definition) is 4. The average molecular weight is 335 g/mol. The quantitative estimate of drug-likeness (QED) is 0.690. The summed E-state index contributed by atoms with van der Waals surface area (Å²) in [4.78, 5) is 30.2. The van der Waals surface area contributed by atoms with Crippen LogP contribution in [0.3, 0.4) is 0 Å². The van der Waals surface area contributed by atoms with Crippen LogP contribution in [0.15, 0.2) is 48.8 Å². The van der Waals surface area contributed by atoms with Gasteiger partial charge in [0.05, 0.1) is 23.7 Å². The van der Waals surface area contributed by atoms with Crippen molar-refractivity contribution in [2.45, 2.75) is 6.42 Å². The average Bonchev–Trinajstić information content (AvgIpc) is 3.02. The van der Waals surface area contributed by atoms with Crippen molar-refractivity contribution in [3.05, 3.63) is 59.9 Å². The lowest BCUT2D eigenvalue weighted by molar-refractivity contribution is 0.0599. The normalized spacial score (nSPS) is 13.6. The smallest absolute Gasteiger partial charge is 0.337 e. The van der Waals surface area contributed by atoms with Gasteiger partial charge in [0.2, 0.25) is 0 Å². The Morgan fingerprint density at radius 2 is 1.76 bits per heavy atom. The summed E-state index contributed by atoms with van der Waals surface area (Å²) < 4.78 is 6.62. The van der Waals surface area contributed by atoms with Crippen molar-refractivity contribution in [1.29, 1.82) is 0 Å². The Bertz CT molecular complexity index is 956. The first-order chi connectivity index (χ1) is 12.2. The van der Waals surface area contributed by atoms with Gasteiger partial charge in [-0.25, -0.2) is 9.78 Å². The van der Waals surface area contributed by atoms with E-state index in [0.717, 1.165) is 36.2 Å². The first kappa shape index (κ1) is 15.4. The molecule has 0 radical (unpaired) electrons. The summed E-state index contributed by atoms with van der Waals surface area (Å²) in [6.45, 7) is 1.65. The highest BCUT2D eigenvalue weighted by Crippen LogP contribution is 2.22. The molecule has 6 nitrogen and oxygen atoms in total. The predicted molar refractivity (Wildman–Crippen MR) is 92.9 cm³/mol. The number of carbonyl (C=O) groups is 2. The summed E-state index contributed by atoms with van der Waals surface area (Å²) in [7, 11) is 1.36. The van der Waals surface area contributed by atoms with Crippen molar-refractivity contribution in [3.8, 4) is 5.69 Å². The van der Waals surface area contributed by atoms with E-state index in [1.807, 2.05) is 39.8 Å². The molecule has 3 aromatic rings. The van der Waals surface area contributed by atoms with Gasteiger partial charge in [-0.3, -0.25) is 9.36 Å². The topological polar surface area (TPSA) is 64.4 Å². The highest BCUT2D eigenvalue weighted by Gasteiger charge is 2.22. The standard InChI is InChI=1S/C19H17N3O3/c1-25-19(24)13-3-6-15(7-4-13)22-12-20-16-8-5-14(11-17(16)22)18(23)21-9-2-10-21/h3-8,11-12H,2,9-10H2,1H3. The van der Waals surface area contributed by atoms with Gasteiger partial charge in [-0.05, 0) is 48.9 Å². The fourth-order valence-corrected chi connectivity index (χ4v) is 2.92. The fraction of sp³-hybridized carbons (Fsp3) is 0.211. The van der Waals surface area contributed by atoms with Crippen molar-refractivity contribution >= 4 is 22.9 Å². The lowest BCUT2D eigenvalue weighted by atomic mass is 10.1. The van der Waals surface area contributed by atoms with Crippen LogP contribution in [-0.2, 0) is 4.74 Å². The molecule has 126 valence electrons. The molecule has 1 aliphatic rings. The second-order valence-corrected chi connectivity index (χ2v) is 6.00. The maximum absolute atomic E-state index is 12.4. The minimum absolute atomic E-state index is 0.0574. The van der Waals surface area contributed by atoms with Crippen LogP contribution in [0, 0.1) is 0 Å². The minimum Gasteiger partial charge on any atom is -0.465 e. The molecule has 1 amide bonds. The Balaban J connectivity index is 1.71. The van der Waals surface area contributed by atoms with Crippen LogP contribution < -0.4 is 0 Å². The van der Waals surface area contributed by atoms with Crippen molar-refractivity contribution in [2.24, 2.45) is 0 Å². The minimum atomic E-state index is -0.371. The molecule has 0 saturated carbocycles. The number of carbonyl (C=O) groups excluding carboxylic acids is 2. The van der Waals surface area contributed by atoms with E-state index in [1.165, 1.54) is 7.11 Å². The van der Waals surface area contributed by atoms with Gasteiger partial charge >= 0.3 is 5.97 Å². The number of nitrogens with zero attached hydrogens (tertiary/aromatic N) is 3. The second-order valence-electron chi connectivity index (χ2n) is 6.00. The number of aromatic nitrogens is 2. The van der Waals surface area contributed by atoms with Crippen LogP contribution in [-0.4, -0.2) is 46.5 Å². The Morgan fingerprint density at radius 3 is 2.40 bits per heavy atom. The van der Waals surface area contributed by atoms with E-state index in [0.29, 0.717) is 11.1 Å². The molecule has 2 aromatic carbocycles. The second kappa shape index (κ2) is 6.05. The molecule has 0 bridgehead atoms. The van der Waals surface area contributed by atoms with Crippen LogP contribution in [0.25, 0.3) is 16.7 Å². The molecule has 1 aliphatic heterocycles. The molecule has 25 heavy (non-hydrogen) atoms. The summed E-state index contributed by atoms with van der Waals surface area (Å²) in [6.07, 6.45) is 2.79. The number of esters is 1. The number of likely N-dealkylation sites (tertiary alicyclic amines) is 1. The molecule has 0 spiro atoms. The summed E-state index contributed by atoms with van der Waals surface area (Å²) in [5.41, 5.74) is 3.70. The zero-order chi connectivity index (χ0) is 17.4. The SMILES string of the molecule is COC(=O)c1ccc(-n2cnc3ccc(C(=O)N4CCC4)cc32)cc1. The van der Waals surface area contributed by atoms with Crippen molar-refractivity contribution in [1.82, 2.24) is 14.5 Å².